The minimum absolute atomic E-state index is 0.0123. The van der Waals surface area contributed by atoms with Gasteiger partial charge in [0.05, 0.1) is 16.9 Å². The summed E-state index contributed by atoms with van der Waals surface area (Å²) >= 11 is 0. The number of amides is 1. The number of aromatic nitrogens is 4. The normalized spacial score (nSPS) is 10.5. The van der Waals surface area contributed by atoms with Crippen molar-refractivity contribution in [3.63, 3.8) is 0 Å². The summed E-state index contributed by atoms with van der Waals surface area (Å²) in [5.74, 6) is -1.77. The molecule has 0 saturated heterocycles. The second kappa shape index (κ2) is 4.56. The highest BCUT2D eigenvalue weighted by Crippen LogP contribution is 2.14. The van der Waals surface area contributed by atoms with E-state index in [4.69, 9.17) is 5.11 Å². The Labute approximate surface area is 108 Å². The first-order valence-corrected chi connectivity index (χ1v) is 5.47. The van der Waals surface area contributed by atoms with Gasteiger partial charge in [-0.3, -0.25) is 14.2 Å². The molecule has 0 spiro atoms. The van der Waals surface area contributed by atoms with Crippen LogP contribution in [0.4, 0.5) is 5.69 Å². The third-order valence-corrected chi connectivity index (χ3v) is 2.54. The van der Waals surface area contributed by atoms with Crippen LogP contribution in [0.5, 0.6) is 0 Å². The van der Waals surface area contributed by atoms with Gasteiger partial charge in [-0.1, -0.05) is 0 Å². The third-order valence-electron chi connectivity index (χ3n) is 2.54. The molecular weight excluding hydrogens is 250 g/mol. The van der Waals surface area contributed by atoms with E-state index in [1.54, 1.807) is 31.9 Å². The van der Waals surface area contributed by atoms with E-state index in [-0.39, 0.29) is 11.3 Å². The van der Waals surface area contributed by atoms with Gasteiger partial charge in [-0.2, -0.15) is 10.2 Å². The standard InChI is InChI=1S/C11H13N5O3/c1-6-8(5-16(3)13-6)12-10(17)7-4-15(2)14-9(7)11(18)19/h4-5H,1-3H3,(H,12,17)(H,18,19). The van der Waals surface area contributed by atoms with Crippen LogP contribution in [0.1, 0.15) is 26.5 Å². The predicted octanol–water partition coefficient (Wildman–Crippen LogP) is 0.413. The van der Waals surface area contributed by atoms with Crippen molar-refractivity contribution in [2.24, 2.45) is 14.1 Å². The molecule has 2 aromatic heterocycles. The second-order valence-electron chi connectivity index (χ2n) is 4.13. The molecule has 1 amide bonds. The molecule has 0 aliphatic carbocycles. The van der Waals surface area contributed by atoms with Crippen molar-refractivity contribution >= 4 is 17.6 Å². The van der Waals surface area contributed by atoms with Gasteiger partial charge in [-0.25, -0.2) is 4.79 Å². The van der Waals surface area contributed by atoms with Crippen molar-refractivity contribution in [3.8, 4) is 0 Å². The average molecular weight is 263 g/mol. The fourth-order valence-electron chi connectivity index (χ4n) is 1.72. The van der Waals surface area contributed by atoms with Gasteiger partial charge in [-0.15, -0.1) is 0 Å². The van der Waals surface area contributed by atoms with Gasteiger partial charge in [0.25, 0.3) is 5.91 Å². The molecule has 0 radical (unpaired) electrons. The first-order chi connectivity index (χ1) is 8.88. The second-order valence-corrected chi connectivity index (χ2v) is 4.13. The quantitative estimate of drug-likeness (QED) is 0.835. The Morgan fingerprint density at radius 1 is 1.21 bits per heavy atom. The number of nitrogens with zero attached hydrogens (tertiary/aromatic N) is 4. The van der Waals surface area contributed by atoms with E-state index in [2.05, 4.69) is 15.5 Å². The zero-order chi connectivity index (χ0) is 14.2. The molecule has 100 valence electrons. The number of carbonyl (C=O) groups excluding carboxylic acids is 1. The summed E-state index contributed by atoms with van der Waals surface area (Å²) in [6.45, 7) is 1.75. The Morgan fingerprint density at radius 3 is 2.37 bits per heavy atom. The molecule has 2 aromatic rings. The van der Waals surface area contributed by atoms with Gasteiger partial charge in [0.1, 0.15) is 0 Å². The fourth-order valence-corrected chi connectivity index (χ4v) is 1.72. The summed E-state index contributed by atoms with van der Waals surface area (Å²) in [5, 5.41) is 19.4. The van der Waals surface area contributed by atoms with Crippen LogP contribution in [-0.2, 0) is 14.1 Å². The van der Waals surface area contributed by atoms with Crippen molar-refractivity contribution in [1.29, 1.82) is 0 Å². The molecule has 2 N–H and O–H groups in total. The number of anilines is 1. The number of hydrogen-bond donors (Lipinski definition) is 2. The van der Waals surface area contributed by atoms with Crippen molar-refractivity contribution in [3.05, 3.63) is 29.3 Å². The van der Waals surface area contributed by atoms with Crippen LogP contribution in [0.2, 0.25) is 0 Å². The third kappa shape index (κ3) is 2.46. The number of aromatic carboxylic acids is 1. The summed E-state index contributed by atoms with van der Waals surface area (Å²) in [4.78, 5) is 23.0. The highest BCUT2D eigenvalue weighted by Gasteiger charge is 2.21. The highest BCUT2D eigenvalue weighted by molar-refractivity contribution is 6.09. The zero-order valence-corrected chi connectivity index (χ0v) is 10.7. The Balaban J connectivity index is 2.30. The van der Waals surface area contributed by atoms with Crippen LogP contribution in [0.3, 0.4) is 0 Å². The zero-order valence-electron chi connectivity index (χ0n) is 10.7. The predicted molar refractivity (Wildman–Crippen MR) is 66.1 cm³/mol. The molecule has 0 unspecified atom stereocenters. The van der Waals surface area contributed by atoms with Gasteiger partial charge in [0, 0.05) is 26.5 Å². The van der Waals surface area contributed by atoms with Gasteiger partial charge in [0.2, 0.25) is 0 Å². The van der Waals surface area contributed by atoms with Crippen molar-refractivity contribution < 1.29 is 14.7 Å². The maximum Gasteiger partial charge on any atom is 0.357 e. The van der Waals surface area contributed by atoms with E-state index >= 15 is 0 Å². The summed E-state index contributed by atoms with van der Waals surface area (Å²) in [6, 6.07) is 0. The molecule has 8 heteroatoms. The minimum Gasteiger partial charge on any atom is -0.476 e. The summed E-state index contributed by atoms with van der Waals surface area (Å²) < 4.78 is 2.85. The Kier molecular flexibility index (Phi) is 3.07. The first-order valence-electron chi connectivity index (χ1n) is 5.47. The van der Waals surface area contributed by atoms with E-state index in [0.717, 1.165) is 0 Å². The molecule has 0 aliphatic heterocycles. The number of rotatable bonds is 3. The van der Waals surface area contributed by atoms with Crippen molar-refractivity contribution in [2.45, 2.75) is 6.92 Å². The summed E-state index contributed by atoms with van der Waals surface area (Å²) in [5.41, 5.74) is 0.920. The molecule has 2 heterocycles. The molecule has 8 nitrogen and oxygen atoms in total. The molecule has 0 fully saturated rings. The molecule has 0 atom stereocenters. The van der Waals surface area contributed by atoms with Crippen LogP contribution >= 0.6 is 0 Å². The molecule has 0 saturated carbocycles. The lowest BCUT2D eigenvalue weighted by Gasteiger charge is -2.01. The van der Waals surface area contributed by atoms with E-state index in [1.807, 2.05) is 0 Å². The molecule has 0 aromatic carbocycles. The van der Waals surface area contributed by atoms with Crippen LogP contribution < -0.4 is 5.32 Å². The monoisotopic (exact) mass is 263 g/mol. The van der Waals surface area contributed by atoms with Gasteiger partial charge < -0.3 is 10.4 Å². The molecule has 0 aliphatic rings. The largest absolute Gasteiger partial charge is 0.476 e. The number of carboxylic acid groups (broad SMARTS) is 1. The van der Waals surface area contributed by atoms with Gasteiger partial charge in [-0.05, 0) is 6.92 Å². The van der Waals surface area contributed by atoms with Crippen LogP contribution in [-0.4, -0.2) is 36.5 Å². The first kappa shape index (κ1) is 12.8. The van der Waals surface area contributed by atoms with Crippen LogP contribution in [0.15, 0.2) is 12.4 Å². The van der Waals surface area contributed by atoms with Gasteiger partial charge >= 0.3 is 5.97 Å². The SMILES string of the molecule is Cc1nn(C)cc1NC(=O)c1cn(C)nc1C(=O)O. The van der Waals surface area contributed by atoms with E-state index in [0.29, 0.717) is 11.4 Å². The molecule has 19 heavy (non-hydrogen) atoms. The Hall–Kier alpha value is -2.64. The molecule has 2 rings (SSSR count). The number of hydrogen-bond acceptors (Lipinski definition) is 4. The molecule has 0 bridgehead atoms. The van der Waals surface area contributed by atoms with Crippen molar-refractivity contribution in [2.75, 3.05) is 5.32 Å². The fraction of sp³-hybridized carbons (Fsp3) is 0.273. The number of nitrogens with one attached hydrogen (secondary N) is 1. The Morgan fingerprint density at radius 2 is 1.84 bits per heavy atom. The van der Waals surface area contributed by atoms with Crippen LogP contribution in [0, 0.1) is 6.92 Å². The van der Waals surface area contributed by atoms with Gasteiger partial charge in [0.15, 0.2) is 5.69 Å². The number of carboxylic acids is 1. The lowest BCUT2D eigenvalue weighted by atomic mass is 10.2. The smallest absolute Gasteiger partial charge is 0.357 e. The van der Waals surface area contributed by atoms with Crippen LogP contribution in [0.25, 0.3) is 0 Å². The lowest BCUT2D eigenvalue weighted by Crippen LogP contribution is -2.15. The number of carbonyl (C=O) groups is 2. The van der Waals surface area contributed by atoms with E-state index < -0.39 is 11.9 Å². The lowest BCUT2D eigenvalue weighted by molar-refractivity contribution is 0.0685. The minimum atomic E-state index is -1.24. The number of aryl methyl sites for hydroxylation is 3. The Bertz CT molecular complexity index is 655. The topological polar surface area (TPSA) is 102 Å². The maximum atomic E-state index is 12.0. The van der Waals surface area contributed by atoms with E-state index in [1.165, 1.54) is 10.9 Å². The average Bonchev–Trinajstić information content (AvgIpc) is 2.83. The highest BCUT2D eigenvalue weighted by atomic mass is 16.4. The maximum absolute atomic E-state index is 12.0. The molecular formula is C11H13N5O3. The summed E-state index contributed by atoms with van der Waals surface area (Å²) in [6.07, 6.45) is 3.01. The van der Waals surface area contributed by atoms with Crippen molar-refractivity contribution in [1.82, 2.24) is 19.6 Å². The van der Waals surface area contributed by atoms with E-state index in [9.17, 15) is 9.59 Å². The summed E-state index contributed by atoms with van der Waals surface area (Å²) in [7, 11) is 3.29.